The fourth-order valence-electron chi connectivity index (χ4n) is 4.88. The van der Waals surface area contributed by atoms with Crippen molar-refractivity contribution in [2.24, 2.45) is 5.73 Å². The number of rotatable bonds is 7. The number of primary amides is 1. The van der Waals surface area contributed by atoms with Gasteiger partial charge in [-0.15, -0.1) is 0 Å². The summed E-state index contributed by atoms with van der Waals surface area (Å²) in [5, 5.41) is 12.5. The third-order valence-electron chi connectivity index (χ3n) is 6.98. The van der Waals surface area contributed by atoms with Crippen molar-refractivity contribution in [1.82, 2.24) is 9.97 Å². The van der Waals surface area contributed by atoms with E-state index in [0.29, 0.717) is 17.5 Å². The minimum Gasteiger partial charge on any atom is -0.381 e. The van der Waals surface area contributed by atoms with Gasteiger partial charge in [0.05, 0.1) is 30.0 Å². The van der Waals surface area contributed by atoms with Crippen molar-refractivity contribution < 1.29 is 9.53 Å². The Balaban J connectivity index is 1.23. The molecule has 0 bridgehead atoms. The summed E-state index contributed by atoms with van der Waals surface area (Å²) >= 11 is 0. The Kier molecular flexibility index (Phi) is 7.47. The molecule has 1 aromatic carbocycles. The lowest BCUT2D eigenvalue weighted by molar-refractivity contribution is 0.100. The zero-order valence-electron chi connectivity index (χ0n) is 20.8. The quantitative estimate of drug-likeness (QED) is 0.511. The van der Waals surface area contributed by atoms with Crippen LogP contribution in [0.5, 0.6) is 0 Å². The van der Waals surface area contributed by atoms with E-state index in [-0.39, 0.29) is 6.04 Å². The van der Waals surface area contributed by atoms with Gasteiger partial charge in [-0.3, -0.25) is 9.78 Å². The number of piperidine rings is 1. The molecule has 2 aliphatic rings. The summed E-state index contributed by atoms with van der Waals surface area (Å²) in [6.07, 6.45) is 5.63. The van der Waals surface area contributed by atoms with E-state index >= 15 is 0 Å². The second-order valence-corrected chi connectivity index (χ2v) is 9.45. The lowest BCUT2D eigenvalue weighted by Crippen LogP contribution is -2.39. The second-order valence-electron chi connectivity index (χ2n) is 9.45. The van der Waals surface area contributed by atoms with Gasteiger partial charge in [-0.2, -0.15) is 5.26 Å². The first-order valence-corrected chi connectivity index (χ1v) is 12.7. The van der Waals surface area contributed by atoms with Crippen LogP contribution in [0.1, 0.15) is 40.0 Å². The third-order valence-corrected chi connectivity index (χ3v) is 6.98. The number of carbonyl (C=O) groups excluding carboxylic acids is 1. The number of hydrogen-bond acceptors (Lipinski definition) is 8. The molecule has 0 saturated carbocycles. The average Bonchev–Trinajstić information content (AvgIpc) is 2.94. The molecule has 0 unspecified atom stereocenters. The minimum absolute atomic E-state index is 0.204. The number of amides is 1. The summed E-state index contributed by atoms with van der Waals surface area (Å²) in [5.74, 6) is 0.386. The SMILES string of the molecule is N#Cc1ccc(N2CCC(Nc3cc(Cc4ccc(N5CCOCC5)cc4)ncc3C(N)=O)CC2)nc1. The van der Waals surface area contributed by atoms with E-state index < -0.39 is 5.91 Å². The molecule has 9 nitrogen and oxygen atoms in total. The highest BCUT2D eigenvalue weighted by Gasteiger charge is 2.22. The van der Waals surface area contributed by atoms with Crippen LogP contribution in [0.25, 0.3) is 0 Å². The Morgan fingerprint density at radius 2 is 1.78 bits per heavy atom. The van der Waals surface area contributed by atoms with Gasteiger partial charge in [0.15, 0.2) is 0 Å². The predicted molar refractivity (Wildman–Crippen MR) is 143 cm³/mol. The molecular formula is C28H31N7O2. The lowest BCUT2D eigenvalue weighted by atomic mass is 10.0. The first kappa shape index (κ1) is 24.5. The highest BCUT2D eigenvalue weighted by Crippen LogP contribution is 2.25. The standard InChI is InChI=1S/C28H31N7O2/c29-17-21-3-6-27(32-18-21)35-9-7-22(8-10-35)33-26-16-23(31-19-25(26)28(30)36)15-20-1-4-24(5-2-20)34-11-13-37-14-12-34/h1-6,16,18-19,22H,7-15H2,(H2,30,36)(H,31,33). The number of aromatic nitrogens is 2. The highest BCUT2D eigenvalue weighted by molar-refractivity contribution is 5.98. The van der Waals surface area contributed by atoms with Gasteiger partial charge in [-0.25, -0.2) is 4.98 Å². The summed E-state index contributed by atoms with van der Waals surface area (Å²) in [5.41, 5.74) is 10.6. The number of nitrogens with zero attached hydrogens (tertiary/aromatic N) is 5. The maximum absolute atomic E-state index is 12.1. The van der Waals surface area contributed by atoms with Crippen LogP contribution in [0.15, 0.2) is 54.9 Å². The van der Waals surface area contributed by atoms with Crippen LogP contribution in [-0.4, -0.2) is 61.3 Å². The number of benzene rings is 1. The molecule has 0 aliphatic carbocycles. The van der Waals surface area contributed by atoms with Crippen molar-refractivity contribution in [2.45, 2.75) is 25.3 Å². The highest BCUT2D eigenvalue weighted by atomic mass is 16.5. The molecule has 1 amide bonds. The first-order chi connectivity index (χ1) is 18.1. The minimum atomic E-state index is -0.490. The van der Waals surface area contributed by atoms with E-state index in [1.165, 1.54) is 5.69 Å². The summed E-state index contributed by atoms with van der Waals surface area (Å²) in [4.78, 5) is 25.6. The normalized spacial score (nSPS) is 16.3. The van der Waals surface area contributed by atoms with Gasteiger partial charge in [0.25, 0.3) is 5.91 Å². The summed E-state index contributed by atoms with van der Waals surface area (Å²) in [6.45, 7) is 5.00. The van der Waals surface area contributed by atoms with E-state index in [1.54, 1.807) is 18.5 Å². The topological polar surface area (TPSA) is 120 Å². The van der Waals surface area contributed by atoms with Crippen LogP contribution in [0.2, 0.25) is 0 Å². The van der Waals surface area contributed by atoms with Gasteiger partial charge in [-0.1, -0.05) is 12.1 Å². The zero-order chi connectivity index (χ0) is 25.6. The smallest absolute Gasteiger partial charge is 0.252 e. The van der Waals surface area contributed by atoms with E-state index in [0.717, 1.165) is 75.0 Å². The zero-order valence-corrected chi connectivity index (χ0v) is 20.8. The summed E-state index contributed by atoms with van der Waals surface area (Å²) < 4.78 is 5.45. The molecule has 0 atom stereocenters. The van der Waals surface area contributed by atoms with Crippen LogP contribution in [0, 0.1) is 11.3 Å². The average molecular weight is 498 g/mol. The van der Waals surface area contributed by atoms with Crippen LogP contribution in [-0.2, 0) is 11.2 Å². The largest absolute Gasteiger partial charge is 0.381 e. The molecule has 2 saturated heterocycles. The molecule has 37 heavy (non-hydrogen) atoms. The molecule has 2 aromatic heterocycles. The van der Waals surface area contributed by atoms with Gasteiger partial charge in [0, 0.05) is 62.4 Å². The molecule has 2 fully saturated rings. The number of hydrogen-bond donors (Lipinski definition) is 2. The molecule has 0 spiro atoms. The molecular weight excluding hydrogens is 466 g/mol. The fraction of sp³-hybridized carbons (Fsp3) is 0.357. The van der Waals surface area contributed by atoms with Gasteiger partial charge in [0.2, 0.25) is 0 Å². The maximum atomic E-state index is 12.1. The van der Waals surface area contributed by atoms with E-state index in [1.807, 2.05) is 12.1 Å². The number of nitriles is 1. The monoisotopic (exact) mass is 497 g/mol. The van der Waals surface area contributed by atoms with Crippen molar-refractivity contribution in [3.8, 4) is 6.07 Å². The molecule has 2 aliphatic heterocycles. The number of nitrogens with two attached hydrogens (primary N) is 1. The molecule has 0 radical (unpaired) electrons. The van der Waals surface area contributed by atoms with Gasteiger partial charge < -0.3 is 25.6 Å². The number of nitrogens with one attached hydrogen (secondary N) is 1. The Morgan fingerprint density at radius 3 is 2.43 bits per heavy atom. The second kappa shape index (κ2) is 11.3. The Bertz CT molecular complexity index is 1260. The van der Waals surface area contributed by atoms with Gasteiger partial charge in [0.1, 0.15) is 11.9 Å². The third kappa shape index (κ3) is 5.98. The number of anilines is 3. The Labute approximate surface area is 216 Å². The molecule has 9 heteroatoms. The fourth-order valence-corrected chi connectivity index (χ4v) is 4.88. The number of ether oxygens (including phenoxy) is 1. The molecule has 4 heterocycles. The number of morpholine rings is 1. The van der Waals surface area contributed by atoms with Gasteiger partial charge in [-0.05, 0) is 48.7 Å². The van der Waals surface area contributed by atoms with Crippen LogP contribution in [0.3, 0.4) is 0 Å². The van der Waals surface area contributed by atoms with E-state index in [2.05, 4.69) is 55.4 Å². The molecule has 190 valence electrons. The van der Waals surface area contributed by atoms with Crippen molar-refractivity contribution in [1.29, 1.82) is 5.26 Å². The van der Waals surface area contributed by atoms with Crippen LogP contribution >= 0.6 is 0 Å². The Hall–Kier alpha value is -4.16. The lowest BCUT2D eigenvalue weighted by Gasteiger charge is -2.34. The van der Waals surface area contributed by atoms with Gasteiger partial charge >= 0.3 is 0 Å². The van der Waals surface area contributed by atoms with E-state index in [4.69, 9.17) is 15.7 Å². The predicted octanol–water partition coefficient (Wildman–Crippen LogP) is 2.96. The summed E-state index contributed by atoms with van der Waals surface area (Å²) in [6, 6.07) is 16.5. The molecule has 3 aromatic rings. The number of pyridine rings is 2. The number of carbonyl (C=O) groups is 1. The van der Waals surface area contributed by atoms with Crippen molar-refractivity contribution in [3.05, 3.63) is 77.2 Å². The van der Waals surface area contributed by atoms with E-state index in [9.17, 15) is 4.79 Å². The van der Waals surface area contributed by atoms with Crippen molar-refractivity contribution in [2.75, 3.05) is 54.5 Å². The van der Waals surface area contributed by atoms with Crippen molar-refractivity contribution in [3.63, 3.8) is 0 Å². The summed E-state index contributed by atoms with van der Waals surface area (Å²) in [7, 11) is 0. The molecule has 5 rings (SSSR count). The van der Waals surface area contributed by atoms with Crippen molar-refractivity contribution >= 4 is 23.1 Å². The first-order valence-electron chi connectivity index (χ1n) is 12.7. The maximum Gasteiger partial charge on any atom is 0.252 e. The molecule has 3 N–H and O–H groups in total. The van der Waals surface area contributed by atoms with Crippen LogP contribution < -0.4 is 20.9 Å². The van der Waals surface area contributed by atoms with Crippen LogP contribution in [0.4, 0.5) is 17.2 Å². The Morgan fingerprint density at radius 1 is 1.03 bits per heavy atom.